The van der Waals surface area contributed by atoms with E-state index in [1.54, 1.807) is 12.1 Å². The summed E-state index contributed by atoms with van der Waals surface area (Å²) in [6.45, 7) is 1.96. The minimum atomic E-state index is -0.923. The van der Waals surface area contributed by atoms with Crippen LogP contribution in [0.1, 0.15) is 28.4 Å². The summed E-state index contributed by atoms with van der Waals surface area (Å²) in [5, 5.41) is 11.9. The van der Waals surface area contributed by atoms with Crippen molar-refractivity contribution in [1.29, 1.82) is 0 Å². The van der Waals surface area contributed by atoms with Crippen LogP contribution >= 0.6 is 0 Å². The predicted octanol–water partition coefficient (Wildman–Crippen LogP) is 0.857. The van der Waals surface area contributed by atoms with Gasteiger partial charge in [0.15, 0.2) is 0 Å². The number of rotatable bonds is 2. The van der Waals surface area contributed by atoms with Gasteiger partial charge in [0.2, 0.25) is 0 Å². The van der Waals surface area contributed by atoms with Crippen molar-refractivity contribution in [3.63, 3.8) is 0 Å². The van der Waals surface area contributed by atoms with Crippen molar-refractivity contribution in [2.24, 2.45) is 0 Å². The number of aromatic nitrogens is 1. The Labute approximate surface area is 82.0 Å². The lowest BCUT2D eigenvalue weighted by atomic mass is 10.0. The van der Waals surface area contributed by atoms with Crippen LogP contribution in [0.4, 0.5) is 0 Å². The fourth-order valence-electron chi connectivity index (χ4n) is 1.68. The van der Waals surface area contributed by atoms with Gasteiger partial charge >= 0.3 is 5.97 Å². The van der Waals surface area contributed by atoms with E-state index in [1.807, 2.05) is 0 Å². The van der Waals surface area contributed by atoms with Crippen LogP contribution in [-0.4, -0.2) is 29.1 Å². The van der Waals surface area contributed by atoms with E-state index >= 15 is 0 Å². The Kier molecular flexibility index (Phi) is 2.45. The average molecular weight is 192 g/mol. The third-order valence-electron chi connectivity index (χ3n) is 2.51. The summed E-state index contributed by atoms with van der Waals surface area (Å²) in [4.78, 5) is 14.7. The number of nitrogens with one attached hydrogen (secondary N) is 1. The zero-order chi connectivity index (χ0) is 9.97. The standard InChI is InChI=1S/C10H12N2O2/c13-10(14)8-1-2-9(12-6-8)7-3-4-11-5-7/h1-2,6-7,11H,3-5H2,(H,13,14). The molecule has 0 bridgehead atoms. The third kappa shape index (κ3) is 1.75. The van der Waals surface area contributed by atoms with Gasteiger partial charge in [-0.05, 0) is 25.1 Å². The smallest absolute Gasteiger partial charge is 0.337 e. The molecule has 1 fully saturated rings. The quantitative estimate of drug-likeness (QED) is 0.729. The molecule has 1 aromatic heterocycles. The Morgan fingerprint density at radius 1 is 1.57 bits per heavy atom. The molecule has 2 rings (SSSR count). The minimum absolute atomic E-state index is 0.250. The van der Waals surface area contributed by atoms with E-state index in [0.29, 0.717) is 5.92 Å². The molecule has 2 heterocycles. The molecule has 0 spiro atoms. The summed E-state index contributed by atoms with van der Waals surface area (Å²) in [5.41, 5.74) is 1.24. The highest BCUT2D eigenvalue weighted by atomic mass is 16.4. The molecule has 0 aliphatic carbocycles. The van der Waals surface area contributed by atoms with E-state index in [-0.39, 0.29) is 5.56 Å². The van der Waals surface area contributed by atoms with Crippen LogP contribution in [0.3, 0.4) is 0 Å². The van der Waals surface area contributed by atoms with Gasteiger partial charge in [0, 0.05) is 24.4 Å². The number of nitrogens with zero attached hydrogens (tertiary/aromatic N) is 1. The summed E-state index contributed by atoms with van der Waals surface area (Å²) in [7, 11) is 0. The number of aromatic carboxylic acids is 1. The first-order valence-corrected chi connectivity index (χ1v) is 4.67. The molecular weight excluding hydrogens is 180 g/mol. The summed E-state index contributed by atoms with van der Waals surface area (Å²) in [6, 6.07) is 3.42. The number of carboxylic acid groups (broad SMARTS) is 1. The zero-order valence-corrected chi connectivity index (χ0v) is 7.73. The number of hydrogen-bond donors (Lipinski definition) is 2. The number of pyridine rings is 1. The van der Waals surface area contributed by atoms with Gasteiger partial charge in [0.25, 0.3) is 0 Å². The van der Waals surface area contributed by atoms with Gasteiger partial charge in [-0.25, -0.2) is 4.79 Å². The van der Waals surface area contributed by atoms with Gasteiger partial charge in [-0.15, -0.1) is 0 Å². The first-order valence-electron chi connectivity index (χ1n) is 4.67. The molecule has 1 atom stereocenters. The molecule has 14 heavy (non-hydrogen) atoms. The normalized spacial score (nSPS) is 21.0. The Hall–Kier alpha value is -1.42. The lowest BCUT2D eigenvalue weighted by molar-refractivity contribution is 0.0696. The molecule has 0 aromatic carbocycles. The van der Waals surface area contributed by atoms with Crippen molar-refractivity contribution < 1.29 is 9.90 Å². The lowest BCUT2D eigenvalue weighted by Gasteiger charge is -2.06. The molecule has 74 valence electrons. The third-order valence-corrected chi connectivity index (χ3v) is 2.51. The maximum atomic E-state index is 10.6. The highest BCUT2D eigenvalue weighted by Crippen LogP contribution is 2.19. The highest BCUT2D eigenvalue weighted by Gasteiger charge is 2.17. The van der Waals surface area contributed by atoms with Crippen LogP contribution in [0.25, 0.3) is 0 Å². The summed E-state index contributed by atoms with van der Waals surface area (Å²) >= 11 is 0. The van der Waals surface area contributed by atoms with E-state index in [4.69, 9.17) is 5.11 Å². The molecule has 2 N–H and O–H groups in total. The van der Waals surface area contributed by atoms with E-state index in [1.165, 1.54) is 6.20 Å². The van der Waals surface area contributed by atoms with Crippen LogP contribution in [0, 0.1) is 0 Å². The lowest BCUT2D eigenvalue weighted by Crippen LogP contribution is -2.09. The first kappa shape index (κ1) is 9.15. The molecule has 0 saturated carbocycles. The topological polar surface area (TPSA) is 62.2 Å². The van der Waals surface area contributed by atoms with Crippen LogP contribution in [-0.2, 0) is 0 Å². The van der Waals surface area contributed by atoms with Crippen molar-refractivity contribution in [3.8, 4) is 0 Å². The minimum Gasteiger partial charge on any atom is -0.478 e. The van der Waals surface area contributed by atoms with Gasteiger partial charge in [0.05, 0.1) is 5.56 Å². The Morgan fingerprint density at radius 2 is 2.43 bits per heavy atom. The van der Waals surface area contributed by atoms with E-state index < -0.39 is 5.97 Å². The Balaban J connectivity index is 2.16. The molecule has 0 amide bonds. The van der Waals surface area contributed by atoms with Crippen molar-refractivity contribution >= 4 is 5.97 Å². The molecule has 1 aliphatic heterocycles. The highest BCUT2D eigenvalue weighted by molar-refractivity contribution is 5.87. The van der Waals surface area contributed by atoms with Gasteiger partial charge in [-0.3, -0.25) is 4.98 Å². The van der Waals surface area contributed by atoms with Crippen molar-refractivity contribution in [3.05, 3.63) is 29.6 Å². The maximum Gasteiger partial charge on any atom is 0.337 e. The van der Waals surface area contributed by atoms with Crippen LogP contribution in [0.2, 0.25) is 0 Å². The van der Waals surface area contributed by atoms with Crippen molar-refractivity contribution in [2.45, 2.75) is 12.3 Å². The first-order chi connectivity index (χ1) is 6.77. The van der Waals surface area contributed by atoms with Gasteiger partial charge in [0.1, 0.15) is 0 Å². The predicted molar refractivity (Wildman–Crippen MR) is 51.4 cm³/mol. The van der Waals surface area contributed by atoms with Crippen molar-refractivity contribution in [2.75, 3.05) is 13.1 Å². The summed E-state index contributed by atoms with van der Waals surface area (Å²) < 4.78 is 0. The number of hydrogen-bond acceptors (Lipinski definition) is 3. The second-order valence-corrected chi connectivity index (χ2v) is 3.47. The second-order valence-electron chi connectivity index (χ2n) is 3.47. The molecule has 0 radical (unpaired) electrons. The van der Waals surface area contributed by atoms with Crippen LogP contribution in [0.15, 0.2) is 18.3 Å². The number of carbonyl (C=O) groups is 1. The second kappa shape index (κ2) is 3.75. The Bertz CT molecular complexity index is 328. The van der Waals surface area contributed by atoms with Crippen LogP contribution < -0.4 is 5.32 Å². The molecule has 4 nitrogen and oxygen atoms in total. The molecule has 1 aromatic rings. The molecule has 1 aliphatic rings. The monoisotopic (exact) mass is 192 g/mol. The van der Waals surface area contributed by atoms with Gasteiger partial charge in [-0.2, -0.15) is 0 Å². The molecular formula is C10H12N2O2. The summed E-state index contributed by atoms with van der Waals surface area (Å²) in [6.07, 6.45) is 2.51. The molecule has 1 saturated heterocycles. The van der Waals surface area contributed by atoms with Gasteiger partial charge in [-0.1, -0.05) is 0 Å². The van der Waals surface area contributed by atoms with E-state index in [2.05, 4.69) is 10.3 Å². The van der Waals surface area contributed by atoms with Crippen LogP contribution in [0.5, 0.6) is 0 Å². The SMILES string of the molecule is O=C(O)c1ccc(C2CCNC2)nc1. The largest absolute Gasteiger partial charge is 0.478 e. The number of carboxylic acids is 1. The van der Waals surface area contributed by atoms with Crippen molar-refractivity contribution in [1.82, 2.24) is 10.3 Å². The fourth-order valence-corrected chi connectivity index (χ4v) is 1.68. The zero-order valence-electron chi connectivity index (χ0n) is 7.73. The summed E-state index contributed by atoms with van der Waals surface area (Å²) in [5.74, 6) is -0.480. The molecule has 4 heteroatoms. The fraction of sp³-hybridized carbons (Fsp3) is 0.400. The maximum absolute atomic E-state index is 10.6. The van der Waals surface area contributed by atoms with Gasteiger partial charge < -0.3 is 10.4 Å². The Morgan fingerprint density at radius 3 is 2.93 bits per heavy atom. The average Bonchev–Trinajstić information content (AvgIpc) is 2.71. The molecule has 1 unspecified atom stereocenters. The van der Waals surface area contributed by atoms with E-state index in [9.17, 15) is 4.79 Å². The van der Waals surface area contributed by atoms with E-state index in [0.717, 1.165) is 25.2 Å².